The lowest BCUT2D eigenvalue weighted by Gasteiger charge is -2.11. The minimum absolute atomic E-state index is 0.0382. The minimum Gasteiger partial charge on any atom is -0.493 e. The maximum Gasteiger partial charge on any atom is 0.310 e. The summed E-state index contributed by atoms with van der Waals surface area (Å²) in [5.74, 6) is 0.575. The van der Waals surface area contributed by atoms with E-state index in [9.17, 15) is 14.9 Å². The monoisotopic (exact) mass is 397 g/mol. The predicted molar refractivity (Wildman–Crippen MR) is 102 cm³/mol. The predicted octanol–water partition coefficient (Wildman–Crippen LogP) is 4.03. The molecule has 29 heavy (non-hydrogen) atoms. The van der Waals surface area contributed by atoms with Gasteiger partial charge in [0.05, 0.1) is 18.0 Å². The van der Waals surface area contributed by atoms with Crippen LogP contribution in [0.2, 0.25) is 0 Å². The highest BCUT2D eigenvalue weighted by Crippen LogP contribution is 2.24. The summed E-state index contributed by atoms with van der Waals surface area (Å²) in [6.45, 7) is 3.73. The van der Waals surface area contributed by atoms with E-state index in [-0.39, 0.29) is 30.5 Å². The van der Waals surface area contributed by atoms with Crippen LogP contribution in [-0.4, -0.2) is 27.7 Å². The second-order valence-corrected chi connectivity index (χ2v) is 6.25. The van der Waals surface area contributed by atoms with E-state index in [0.717, 1.165) is 11.3 Å². The van der Waals surface area contributed by atoms with Gasteiger partial charge in [-0.1, -0.05) is 18.2 Å². The van der Waals surface area contributed by atoms with Crippen molar-refractivity contribution in [2.45, 2.75) is 26.4 Å². The number of nitro groups is 1. The Bertz CT molecular complexity index is 999. The minimum atomic E-state index is -0.736. The Morgan fingerprint density at radius 2 is 1.90 bits per heavy atom. The van der Waals surface area contributed by atoms with Crippen LogP contribution in [0.4, 0.5) is 5.69 Å². The molecule has 0 fully saturated rings. The lowest BCUT2D eigenvalue weighted by molar-refractivity contribution is -0.384. The molecule has 0 aliphatic carbocycles. The Kier molecular flexibility index (Phi) is 6.18. The Labute approximate surface area is 166 Å². The number of aromatic nitrogens is 2. The first-order chi connectivity index (χ1) is 13.9. The number of benzene rings is 2. The van der Waals surface area contributed by atoms with Gasteiger partial charge in [0.1, 0.15) is 5.75 Å². The summed E-state index contributed by atoms with van der Waals surface area (Å²) >= 11 is 0. The average molecular weight is 397 g/mol. The molecular weight excluding hydrogens is 378 g/mol. The summed E-state index contributed by atoms with van der Waals surface area (Å²) in [7, 11) is 0. The Balaban J connectivity index is 1.53. The fourth-order valence-electron chi connectivity index (χ4n) is 2.51. The molecule has 9 heteroatoms. The van der Waals surface area contributed by atoms with Gasteiger partial charge < -0.3 is 13.9 Å². The van der Waals surface area contributed by atoms with Gasteiger partial charge in [-0.3, -0.25) is 14.9 Å². The Hall–Kier alpha value is -3.75. The standard InChI is InChI=1S/C20H19N3O6/c1-13-5-3-4-6-17(13)27-12-11-18(24)28-14(2)19-21-22-20(29-19)15-7-9-16(10-8-15)23(25)26/h3-10,14H,11-12H2,1-2H3. The molecule has 1 unspecified atom stereocenters. The second-order valence-electron chi connectivity index (χ2n) is 6.25. The van der Waals surface area contributed by atoms with Gasteiger partial charge in [0, 0.05) is 17.7 Å². The highest BCUT2D eigenvalue weighted by atomic mass is 16.6. The number of para-hydroxylation sites is 1. The van der Waals surface area contributed by atoms with Crippen LogP contribution < -0.4 is 4.74 Å². The van der Waals surface area contributed by atoms with Gasteiger partial charge >= 0.3 is 5.97 Å². The van der Waals surface area contributed by atoms with E-state index >= 15 is 0 Å². The fourth-order valence-corrected chi connectivity index (χ4v) is 2.51. The zero-order valence-electron chi connectivity index (χ0n) is 15.9. The summed E-state index contributed by atoms with van der Waals surface area (Å²) in [5, 5.41) is 18.5. The van der Waals surface area contributed by atoms with Crippen molar-refractivity contribution in [1.82, 2.24) is 10.2 Å². The number of carbonyl (C=O) groups is 1. The van der Waals surface area contributed by atoms with Crippen molar-refractivity contribution >= 4 is 11.7 Å². The van der Waals surface area contributed by atoms with E-state index in [1.54, 1.807) is 6.92 Å². The molecule has 1 heterocycles. The van der Waals surface area contributed by atoms with E-state index in [0.29, 0.717) is 5.56 Å². The number of carbonyl (C=O) groups excluding carboxylic acids is 1. The van der Waals surface area contributed by atoms with Crippen LogP contribution in [0.15, 0.2) is 52.9 Å². The molecule has 1 atom stereocenters. The fraction of sp³-hybridized carbons (Fsp3) is 0.250. The maximum absolute atomic E-state index is 12.0. The number of hydrogen-bond donors (Lipinski definition) is 0. The SMILES string of the molecule is Cc1ccccc1OCCC(=O)OC(C)c1nnc(-c2ccc([N+](=O)[O-])cc2)o1. The van der Waals surface area contributed by atoms with Crippen LogP contribution in [0.25, 0.3) is 11.5 Å². The van der Waals surface area contributed by atoms with Gasteiger partial charge in [-0.05, 0) is 37.6 Å². The van der Waals surface area contributed by atoms with Crippen LogP contribution in [0.3, 0.4) is 0 Å². The molecule has 9 nitrogen and oxygen atoms in total. The normalized spacial score (nSPS) is 11.7. The average Bonchev–Trinajstić information content (AvgIpc) is 3.20. The largest absolute Gasteiger partial charge is 0.493 e. The molecule has 3 rings (SSSR count). The van der Waals surface area contributed by atoms with E-state index in [1.165, 1.54) is 24.3 Å². The molecule has 1 aromatic heterocycles. The van der Waals surface area contributed by atoms with Crippen LogP contribution in [0.1, 0.15) is 30.9 Å². The lowest BCUT2D eigenvalue weighted by Crippen LogP contribution is -2.13. The molecule has 0 aliphatic heterocycles. The number of nitrogens with zero attached hydrogens (tertiary/aromatic N) is 3. The second kappa shape index (κ2) is 8.96. The van der Waals surface area contributed by atoms with Crippen molar-refractivity contribution in [3.05, 3.63) is 70.1 Å². The summed E-state index contributed by atoms with van der Waals surface area (Å²) < 4.78 is 16.4. The lowest BCUT2D eigenvalue weighted by atomic mass is 10.2. The highest BCUT2D eigenvalue weighted by molar-refractivity contribution is 5.69. The van der Waals surface area contributed by atoms with Crippen LogP contribution in [0.5, 0.6) is 5.75 Å². The van der Waals surface area contributed by atoms with Crippen molar-refractivity contribution in [3.63, 3.8) is 0 Å². The molecule has 0 spiro atoms. The topological polar surface area (TPSA) is 118 Å². The first kappa shape index (κ1) is 20.0. The van der Waals surface area contributed by atoms with Gasteiger partial charge in [0.2, 0.25) is 5.89 Å². The summed E-state index contributed by atoms with van der Waals surface area (Å²) in [6, 6.07) is 13.2. The van der Waals surface area contributed by atoms with Gasteiger partial charge in [0.25, 0.3) is 11.6 Å². The molecule has 3 aromatic rings. The summed E-state index contributed by atoms with van der Waals surface area (Å²) in [6.07, 6.45) is -0.664. The molecule has 0 amide bonds. The van der Waals surface area contributed by atoms with Gasteiger partial charge in [0.15, 0.2) is 6.10 Å². The molecule has 0 N–H and O–H groups in total. The molecule has 150 valence electrons. The molecule has 0 aliphatic rings. The molecular formula is C20H19N3O6. The Morgan fingerprint density at radius 1 is 1.17 bits per heavy atom. The highest BCUT2D eigenvalue weighted by Gasteiger charge is 2.19. The van der Waals surface area contributed by atoms with Crippen molar-refractivity contribution in [3.8, 4) is 17.2 Å². The third-order valence-electron chi connectivity index (χ3n) is 4.08. The third-order valence-corrected chi connectivity index (χ3v) is 4.08. The maximum atomic E-state index is 12.0. The number of rotatable bonds is 8. The van der Waals surface area contributed by atoms with Crippen molar-refractivity contribution < 1.29 is 23.6 Å². The molecule has 0 saturated carbocycles. The molecule has 0 radical (unpaired) electrons. The third kappa shape index (κ3) is 5.16. The first-order valence-electron chi connectivity index (χ1n) is 8.90. The molecule has 2 aromatic carbocycles. The zero-order valence-corrected chi connectivity index (χ0v) is 15.9. The number of aryl methyl sites for hydroxylation is 1. The van der Waals surface area contributed by atoms with Crippen LogP contribution in [0, 0.1) is 17.0 Å². The van der Waals surface area contributed by atoms with Crippen LogP contribution >= 0.6 is 0 Å². The van der Waals surface area contributed by atoms with Crippen molar-refractivity contribution in [2.24, 2.45) is 0 Å². The molecule has 0 saturated heterocycles. The van der Waals surface area contributed by atoms with Gasteiger partial charge in [-0.2, -0.15) is 0 Å². The zero-order chi connectivity index (χ0) is 20.8. The van der Waals surface area contributed by atoms with E-state index in [4.69, 9.17) is 13.9 Å². The number of esters is 1. The quantitative estimate of drug-likeness (QED) is 0.318. The summed E-state index contributed by atoms with van der Waals surface area (Å²) in [4.78, 5) is 22.2. The number of ether oxygens (including phenoxy) is 2. The van der Waals surface area contributed by atoms with Crippen LogP contribution in [-0.2, 0) is 9.53 Å². The van der Waals surface area contributed by atoms with E-state index < -0.39 is 17.0 Å². The van der Waals surface area contributed by atoms with Crippen molar-refractivity contribution in [1.29, 1.82) is 0 Å². The van der Waals surface area contributed by atoms with Crippen molar-refractivity contribution in [2.75, 3.05) is 6.61 Å². The number of nitro benzene ring substituents is 1. The number of hydrogen-bond acceptors (Lipinski definition) is 8. The summed E-state index contributed by atoms with van der Waals surface area (Å²) in [5.41, 5.74) is 1.47. The van der Waals surface area contributed by atoms with E-state index in [1.807, 2.05) is 31.2 Å². The smallest absolute Gasteiger partial charge is 0.310 e. The number of non-ortho nitro benzene ring substituents is 1. The van der Waals surface area contributed by atoms with E-state index in [2.05, 4.69) is 10.2 Å². The first-order valence-corrected chi connectivity index (χ1v) is 8.90. The Morgan fingerprint density at radius 3 is 2.59 bits per heavy atom. The molecule has 0 bridgehead atoms. The van der Waals surface area contributed by atoms with Gasteiger partial charge in [-0.25, -0.2) is 0 Å². The van der Waals surface area contributed by atoms with Gasteiger partial charge in [-0.15, -0.1) is 10.2 Å².